The smallest absolute Gasteiger partial charge is 0.419 e. The molecule has 1 saturated heterocycles. The van der Waals surface area contributed by atoms with Gasteiger partial charge in [0.2, 0.25) is 5.92 Å². The lowest BCUT2D eigenvalue weighted by Gasteiger charge is -2.55. The Morgan fingerprint density at radius 3 is 2.46 bits per heavy atom. The summed E-state index contributed by atoms with van der Waals surface area (Å²) in [6.07, 6.45) is 2.17. The normalized spacial score (nSPS) is 19.1. The van der Waals surface area contributed by atoms with Crippen molar-refractivity contribution in [2.24, 2.45) is 5.41 Å². The highest BCUT2D eigenvalue weighted by atomic mass is 19.3. The fourth-order valence-corrected chi connectivity index (χ4v) is 7.15. The molecule has 46 heavy (non-hydrogen) atoms. The Labute approximate surface area is 269 Å². The third-order valence-corrected chi connectivity index (χ3v) is 9.12. The molecule has 1 aliphatic heterocycles. The van der Waals surface area contributed by atoms with E-state index in [0.29, 0.717) is 50.4 Å². The van der Waals surface area contributed by atoms with E-state index in [2.05, 4.69) is 10.2 Å². The number of likely N-dealkylation sites (tertiary alicyclic amines) is 1. The second-order valence-corrected chi connectivity index (χ2v) is 13.7. The summed E-state index contributed by atoms with van der Waals surface area (Å²) < 4.78 is 52.0. The molecule has 1 spiro atoms. The maximum absolute atomic E-state index is 14.3. The summed E-state index contributed by atoms with van der Waals surface area (Å²) >= 11 is 0. The van der Waals surface area contributed by atoms with Crippen LogP contribution >= 0.6 is 0 Å². The van der Waals surface area contributed by atoms with E-state index < -0.39 is 29.0 Å². The molecule has 1 atom stereocenters. The van der Waals surface area contributed by atoms with Crippen LogP contribution in [0.25, 0.3) is 10.9 Å². The molecular formula is C35H45F2N3O6. The van der Waals surface area contributed by atoms with Crippen molar-refractivity contribution in [3.8, 4) is 5.75 Å². The number of esters is 1. The van der Waals surface area contributed by atoms with Gasteiger partial charge in [-0.15, -0.1) is 0 Å². The fourth-order valence-electron chi connectivity index (χ4n) is 7.15. The van der Waals surface area contributed by atoms with E-state index in [1.807, 2.05) is 45.9 Å². The van der Waals surface area contributed by atoms with Gasteiger partial charge in [-0.1, -0.05) is 6.07 Å². The van der Waals surface area contributed by atoms with Crippen molar-refractivity contribution >= 4 is 28.7 Å². The molecule has 250 valence electrons. The molecule has 2 fully saturated rings. The number of benzene rings is 2. The van der Waals surface area contributed by atoms with Crippen LogP contribution in [0.4, 0.5) is 19.3 Å². The first kappa shape index (κ1) is 33.7. The van der Waals surface area contributed by atoms with Crippen LogP contribution in [-0.2, 0) is 20.8 Å². The number of aryl methyl sites for hydroxylation is 1. The van der Waals surface area contributed by atoms with Crippen molar-refractivity contribution in [1.29, 1.82) is 0 Å². The number of rotatable bonds is 9. The van der Waals surface area contributed by atoms with E-state index in [-0.39, 0.29) is 18.9 Å². The maximum atomic E-state index is 14.3. The van der Waals surface area contributed by atoms with Gasteiger partial charge < -0.3 is 24.3 Å². The molecule has 5 rings (SSSR count). The minimum Gasteiger partial charge on any atom is -0.496 e. The number of ether oxygens (including phenoxy) is 4. The summed E-state index contributed by atoms with van der Waals surface area (Å²) in [7, 11) is 4.57. The van der Waals surface area contributed by atoms with Crippen molar-refractivity contribution in [2.45, 2.75) is 77.5 Å². The molecule has 3 aromatic rings. The van der Waals surface area contributed by atoms with Crippen LogP contribution in [0.3, 0.4) is 0 Å². The van der Waals surface area contributed by atoms with Crippen LogP contribution in [0.15, 0.2) is 36.5 Å². The topological polar surface area (TPSA) is 91.3 Å². The number of anilines is 1. The summed E-state index contributed by atoms with van der Waals surface area (Å²) in [6, 6.07) is 8.97. The highest BCUT2D eigenvalue weighted by molar-refractivity contribution is 5.95. The van der Waals surface area contributed by atoms with Crippen LogP contribution in [-0.4, -0.2) is 74.1 Å². The molecule has 0 amide bonds. The first-order valence-corrected chi connectivity index (χ1v) is 15.7. The van der Waals surface area contributed by atoms with Crippen LogP contribution in [0.1, 0.15) is 79.5 Å². The van der Waals surface area contributed by atoms with Gasteiger partial charge in [0.25, 0.3) is 0 Å². The van der Waals surface area contributed by atoms with Crippen LogP contribution in [0, 0.1) is 12.3 Å². The zero-order valence-electron chi connectivity index (χ0n) is 27.8. The van der Waals surface area contributed by atoms with Crippen molar-refractivity contribution in [3.63, 3.8) is 0 Å². The minimum absolute atomic E-state index is 0.131. The van der Waals surface area contributed by atoms with E-state index >= 15 is 0 Å². The Hall–Kier alpha value is -3.70. The molecule has 2 aliphatic rings. The number of halogens is 2. The Kier molecular flexibility index (Phi) is 9.39. The number of methoxy groups -OCH3 is 3. The van der Waals surface area contributed by atoms with Crippen molar-refractivity contribution < 1.29 is 37.3 Å². The number of hydrogen-bond acceptors (Lipinski definition) is 8. The molecule has 0 radical (unpaired) electrons. The van der Waals surface area contributed by atoms with Gasteiger partial charge in [-0.3, -0.25) is 9.47 Å². The number of alkyl halides is 2. The van der Waals surface area contributed by atoms with Gasteiger partial charge in [0.15, 0.2) is 0 Å². The molecular weight excluding hydrogens is 596 g/mol. The zero-order chi connectivity index (χ0) is 33.4. The number of nitrogens with one attached hydrogen (secondary N) is 1. The van der Waals surface area contributed by atoms with E-state index in [1.54, 1.807) is 32.5 Å². The van der Waals surface area contributed by atoms with Crippen molar-refractivity contribution in [3.05, 3.63) is 58.8 Å². The van der Waals surface area contributed by atoms with Gasteiger partial charge in [0.1, 0.15) is 11.4 Å². The highest BCUT2D eigenvalue weighted by Gasteiger charge is 2.58. The Morgan fingerprint density at radius 1 is 1.09 bits per heavy atom. The van der Waals surface area contributed by atoms with Crippen molar-refractivity contribution in [2.75, 3.05) is 46.3 Å². The van der Waals surface area contributed by atoms with Gasteiger partial charge in [-0.25, -0.2) is 18.4 Å². The molecule has 11 heteroatoms. The number of carbonyl (C=O) groups is 2. The molecule has 0 bridgehead atoms. The summed E-state index contributed by atoms with van der Waals surface area (Å²) in [5.74, 6) is -2.43. The lowest BCUT2D eigenvalue weighted by molar-refractivity contribution is -0.186. The molecule has 2 aromatic carbocycles. The monoisotopic (exact) mass is 641 g/mol. The van der Waals surface area contributed by atoms with Gasteiger partial charge in [-0.05, 0) is 87.9 Å². The first-order chi connectivity index (χ1) is 21.7. The predicted molar refractivity (Wildman–Crippen MR) is 172 cm³/mol. The molecule has 1 saturated carbocycles. The molecule has 0 unspecified atom stereocenters. The molecule has 1 aliphatic carbocycles. The third kappa shape index (κ3) is 6.85. The standard InChI is InChI=1S/C35H45F2N3O6/c1-22-16-29(44-6)26(24-10-13-40(30(22)24)32(42)46-33(2,3)4)19-39-14-11-34(20-35(36,37)21-34)18-28(39)25-9-8-23(31(41)45-7)17-27(25)38-12-15-43-5/h8-10,13,16-17,28,38H,11-12,14-15,18-21H2,1-7H3/t28-/m1/s1. The number of carbonyl (C=O) groups excluding carboxylic acids is 2. The van der Waals surface area contributed by atoms with Crippen molar-refractivity contribution in [1.82, 2.24) is 9.47 Å². The average molecular weight is 642 g/mol. The number of nitrogens with zero attached hydrogens (tertiary/aromatic N) is 2. The molecule has 2 heterocycles. The van der Waals surface area contributed by atoms with E-state index in [0.717, 1.165) is 33.3 Å². The average Bonchev–Trinajstić information content (AvgIpc) is 3.43. The van der Waals surface area contributed by atoms with Crippen LogP contribution in [0.2, 0.25) is 0 Å². The maximum Gasteiger partial charge on any atom is 0.419 e. The third-order valence-electron chi connectivity index (χ3n) is 9.12. The quantitative estimate of drug-likeness (QED) is 0.192. The number of hydrogen-bond donors (Lipinski definition) is 1. The van der Waals surface area contributed by atoms with Gasteiger partial charge in [0.05, 0.1) is 31.9 Å². The van der Waals surface area contributed by atoms with E-state index in [1.165, 1.54) is 11.7 Å². The Balaban J connectivity index is 1.58. The minimum atomic E-state index is -2.65. The van der Waals surface area contributed by atoms with Gasteiger partial charge in [0, 0.05) is 61.9 Å². The van der Waals surface area contributed by atoms with Gasteiger partial charge in [-0.2, -0.15) is 0 Å². The first-order valence-electron chi connectivity index (χ1n) is 15.7. The largest absolute Gasteiger partial charge is 0.496 e. The number of piperidine rings is 1. The fraction of sp³-hybridized carbons (Fsp3) is 0.543. The summed E-state index contributed by atoms with van der Waals surface area (Å²) in [4.78, 5) is 27.9. The van der Waals surface area contributed by atoms with Gasteiger partial charge >= 0.3 is 12.1 Å². The molecule has 1 aromatic heterocycles. The Bertz CT molecular complexity index is 1600. The molecule has 9 nitrogen and oxygen atoms in total. The summed E-state index contributed by atoms with van der Waals surface area (Å²) in [6.45, 7) is 9.39. The summed E-state index contributed by atoms with van der Waals surface area (Å²) in [5.41, 5.74) is 3.39. The van der Waals surface area contributed by atoms with E-state index in [9.17, 15) is 18.4 Å². The number of fused-ring (bicyclic) bond motifs is 1. The molecule has 1 N–H and O–H groups in total. The van der Waals surface area contributed by atoms with Crippen LogP contribution in [0.5, 0.6) is 5.75 Å². The Morgan fingerprint density at radius 2 is 1.83 bits per heavy atom. The predicted octanol–water partition coefficient (Wildman–Crippen LogP) is 7.34. The lowest BCUT2D eigenvalue weighted by atomic mass is 9.58. The van der Waals surface area contributed by atoms with E-state index in [4.69, 9.17) is 18.9 Å². The van der Waals surface area contributed by atoms with Crippen LogP contribution < -0.4 is 10.1 Å². The highest BCUT2D eigenvalue weighted by Crippen LogP contribution is 2.61. The second-order valence-electron chi connectivity index (χ2n) is 13.7. The SMILES string of the molecule is COCCNc1cc(C(=O)OC)ccc1[C@H]1CC2(CCN1Cc1c(OC)cc(C)c3c1ccn3C(=O)OC(C)(C)C)CC(F)(F)C2. The lowest BCUT2D eigenvalue weighted by Crippen LogP contribution is -2.53. The summed E-state index contributed by atoms with van der Waals surface area (Å²) in [5, 5.41) is 4.26. The second kappa shape index (κ2) is 12.8. The number of aromatic nitrogens is 1. The zero-order valence-corrected chi connectivity index (χ0v) is 27.8.